The third-order valence-electron chi connectivity index (χ3n) is 4.55. The van der Waals surface area contributed by atoms with E-state index in [1.54, 1.807) is 40.0 Å². The van der Waals surface area contributed by atoms with Gasteiger partial charge in [0, 0.05) is 18.5 Å². The molecule has 0 saturated carbocycles. The van der Waals surface area contributed by atoms with Gasteiger partial charge in [-0.15, -0.1) is 0 Å². The summed E-state index contributed by atoms with van der Waals surface area (Å²) in [5.74, 6) is 0.474. The highest BCUT2D eigenvalue weighted by Gasteiger charge is 2.12. The minimum atomic E-state index is -0.374. The summed E-state index contributed by atoms with van der Waals surface area (Å²) in [4.78, 5) is 12.5. The summed E-state index contributed by atoms with van der Waals surface area (Å²) in [5, 5.41) is 11.3. The Balaban J connectivity index is 1.34. The Morgan fingerprint density at radius 2 is 1.77 bits per heavy atom. The van der Waals surface area contributed by atoms with Gasteiger partial charge in [0.2, 0.25) is 0 Å². The van der Waals surface area contributed by atoms with E-state index in [0.717, 1.165) is 22.4 Å². The molecule has 0 spiro atoms. The van der Waals surface area contributed by atoms with Gasteiger partial charge in [0.15, 0.2) is 18.2 Å². The minimum absolute atomic E-state index is 0.193. The number of carbonyl (C=O) groups is 1. The molecule has 0 saturated heterocycles. The average Bonchev–Trinajstić information content (AvgIpc) is 3.35. The zero-order valence-electron chi connectivity index (χ0n) is 17.2. The summed E-state index contributed by atoms with van der Waals surface area (Å²) < 4.78 is 22.3. The van der Waals surface area contributed by atoms with E-state index in [-0.39, 0.29) is 24.1 Å². The molecule has 0 aliphatic rings. The maximum absolute atomic E-state index is 13.3. The summed E-state index contributed by atoms with van der Waals surface area (Å²) in [6.07, 6.45) is 3.40. The lowest BCUT2D eigenvalue weighted by atomic mass is 10.1. The van der Waals surface area contributed by atoms with Crippen molar-refractivity contribution in [3.05, 3.63) is 95.2 Å². The number of rotatable bonds is 7. The van der Waals surface area contributed by atoms with Gasteiger partial charge in [0.25, 0.3) is 5.91 Å². The maximum atomic E-state index is 13.3. The molecule has 0 fully saturated rings. The lowest BCUT2D eigenvalue weighted by Gasteiger charge is -2.08. The molecule has 2 heterocycles. The first-order chi connectivity index (χ1) is 14.9. The molecule has 0 atom stereocenters. The first-order valence-corrected chi connectivity index (χ1v) is 9.78. The number of ether oxygens (including phenoxy) is 1. The SMILES string of the molecule is Cc1cc(C)cc(OCn2ccc(C(=O)Nc3ccn(Cc4cccc(F)c4)n3)n2)c1. The molecule has 4 aromatic rings. The first-order valence-electron chi connectivity index (χ1n) is 9.78. The Bertz CT molecular complexity index is 1190. The topological polar surface area (TPSA) is 74.0 Å². The van der Waals surface area contributed by atoms with Gasteiger partial charge in [-0.1, -0.05) is 18.2 Å². The second-order valence-corrected chi connectivity index (χ2v) is 7.32. The standard InChI is InChI=1S/C23H22FN5O2/c1-16-10-17(2)12-20(11-16)31-15-29-8-6-21(26-29)23(30)25-22-7-9-28(27-22)14-18-4-3-5-19(24)13-18/h3-13H,14-15H2,1-2H3,(H,25,27,30). The van der Waals surface area contributed by atoms with Crippen molar-refractivity contribution >= 4 is 11.7 Å². The van der Waals surface area contributed by atoms with E-state index in [1.165, 1.54) is 12.1 Å². The molecule has 0 aliphatic heterocycles. The number of halogens is 1. The molecule has 1 N–H and O–H groups in total. The number of aryl methyl sites for hydroxylation is 2. The van der Waals surface area contributed by atoms with E-state index in [2.05, 4.69) is 21.6 Å². The number of benzene rings is 2. The molecule has 0 radical (unpaired) electrons. The largest absolute Gasteiger partial charge is 0.471 e. The van der Waals surface area contributed by atoms with Crippen LogP contribution in [-0.4, -0.2) is 25.5 Å². The van der Waals surface area contributed by atoms with E-state index < -0.39 is 0 Å². The van der Waals surface area contributed by atoms with Crippen molar-refractivity contribution in [1.29, 1.82) is 0 Å². The van der Waals surface area contributed by atoms with Crippen molar-refractivity contribution in [2.24, 2.45) is 0 Å². The summed E-state index contributed by atoms with van der Waals surface area (Å²) in [6, 6.07) is 15.6. The Morgan fingerprint density at radius 1 is 1.00 bits per heavy atom. The summed E-state index contributed by atoms with van der Waals surface area (Å²) >= 11 is 0. The number of hydrogen-bond donors (Lipinski definition) is 1. The van der Waals surface area contributed by atoms with Crippen LogP contribution in [-0.2, 0) is 13.3 Å². The Labute approximate surface area is 179 Å². The van der Waals surface area contributed by atoms with Crippen molar-refractivity contribution in [1.82, 2.24) is 19.6 Å². The van der Waals surface area contributed by atoms with Gasteiger partial charge < -0.3 is 10.1 Å². The van der Waals surface area contributed by atoms with Crippen LogP contribution in [0.1, 0.15) is 27.2 Å². The van der Waals surface area contributed by atoms with Gasteiger partial charge in [0.1, 0.15) is 11.6 Å². The van der Waals surface area contributed by atoms with Gasteiger partial charge in [-0.25, -0.2) is 9.07 Å². The molecule has 31 heavy (non-hydrogen) atoms. The van der Waals surface area contributed by atoms with Crippen LogP contribution in [0.4, 0.5) is 10.2 Å². The van der Waals surface area contributed by atoms with Gasteiger partial charge in [-0.05, 0) is 60.9 Å². The summed E-state index contributed by atoms with van der Waals surface area (Å²) in [7, 11) is 0. The Kier molecular flexibility index (Phi) is 5.79. The number of amides is 1. The minimum Gasteiger partial charge on any atom is -0.471 e. The number of carbonyl (C=O) groups excluding carboxylic acids is 1. The van der Waals surface area contributed by atoms with Crippen molar-refractivity contribution in [3.63, 3.8) is 0 Å². The molecule has 2 aromatic heterocycles. The maximum Gasteiger partial charge on any atom is 0.277 e. The second kappa shape index (κ2) is 8.83. The fraction of sp³-hybridized carbons (Fsp3) is 0.174. The molecule has 4 rings (SSSR count). The molecule has 8 heteroatoms. The van der Waals surface area contributed by atoms with Crippen LogP contribution in [0.25, 0.3) is 0 Å². The number of nitrogens with one attached hydrogen (secondary N) is 1. The third-order valence-corrected chi connectivity index (χ3v) is 4.55. The fourth-order valence-electron chi connectivity index (χ4n) is 3.23. The Hall–Kier alpha value is -3.94. The Morgan fingerprint density at radius 3 is 2.55 bits per heavy atom. The zero-order chi connectivity index (χ0) is 21.8. The highest BCUT2D eigenvalue weighted by molar-refractivity contribution is 6.02. The second-order valence-electron chi connectivity index (χ2n) is 7.32. The lowest BCUT2D eigenvalue weighted by molar-refractivity contribution is 0.101. The third kappa shape index (κ3) is 5.36. The van der Waals surface area contributed by atoms with Crippen LogP contribution in [0.3, 0.4) is 0 Å². The van der Waals surface area contributed by atoms with Crippen LogP contribution in [0.2, 0.25) is 0 Å². The zero-order valence-corrected chi connectivity index (χ0v) is 17.2. The summed E-state index contributed by atoms with van der Waals surface area (Å²) in [6.45, 7) is 4.61. The number of anilines is 1. The van der Waals surface area contributed by atoms with Gasteiger partial charge in [-0.3, -0.25) is 9.48 Å². The molecule has 1 amide bonds. The molecular weight excluding hydrogens is 397 g/mol. The van der Waals surface area contributed by atoms with Gasteiger partial charge in [-0.2, -0.15) is 10.2 Å². The number of aromatic nitrogens is 4. The van der Waals surface area contributed by atoms with E-state index in [4.69, 9.17) is 4.74 Å². The average molecular weight is 419 g/mol. The first kappa shape index (κ1) is 20.3. The molecule has 158 valence electrons. The molecule has 0 bridgehead atoms. The predicted octanol–water partition coefficient (Wildman–Crippen LogP) is 4.17. The number of nitrogens with zero attached hydrogens (tertiary/aromatic N) is 4. The molecule has 2 aromatic carbocycles. The quantitative estimate of drug-likeness (QED) is 0.488. The van der Waals surface area contributed by atoms with Crippen molar-refractivity contribution in [2.45, 2.75) is 27.1 Å². The van der Waals surface area contributed by atoms with E-state index in [0.29, 0.717) is 12.4 Å². The van der Waals surface area contributed by atoms with E-state index >= 15 is 0 Å². The van der Waals surface area contributed by atoms with Crippen molar-refractivity contribution in [2.75, 3.05) is 5.32 Å². The van der Waals surface area contributed by atoms with Crippen LogP contribution in [0, 0.1) is 19.7 Å². The fourth-order valence-corrected chi connectivity index (χ4v) is 3.23. The number of hydrogen-bond acceptors (Lipinski definition) is 4. The van der Waals surface area contributed by atoms with E-state index in [1.807, 2.05) is 32.0 Å². The van der Waals surface area contributed by atoms with Crippen LogP contribution >= 0.6 is 0 Å². The van der Waals surface area contributed by atoms with E-state index in [9.17, 15) is 9.18 Å². The van der Waals surface area contributed by atoms with Crippen LogP contribution < -0.4 is 10.1 Å². The highest BCUT2D eigenvalue weighted by Crippen LogP contribution is 2.16. The highest BCUT2D eigenvalue weighted by atomic mass is 19.1. The van der Waals surface area contributed by atoms with Crippen molar-refractivity contribution in [3.8, 4) is 5.75 Å². The monoisotopic (exact) mass is 419 g/mol. The summed E-state index contributed by atoms with van der Waals surface area (Å²) in [5.41, 5.74) is 3.27. The molecule has 0 unspecified atom stereocenters. The molecule has 7 nitrogen and oxygen atoms in total. The smallest absolute Gasteiger partial charge is 0.277 e. The molecule has 0 aliphatic carbocycles. The lowest BCUT2D eigenvalue weighted by Crippen LogP contribution is -2.15. The van der Waals surface area contributed by atoms with Gasteiger partial charge in [0.05, 0.1) is 6.54 Å². The van der Waals surface area contributed by atoms with Gasteiger partial charge >= 0.3 is 0 Å². The molecular formula is C23H22FN5O2. The normalized spacial score (nSPS) is 10.8. The van der Waals surface area contributed by atoms with Crippen molar-refractivity contribution < 1.29 is 13.9 Å². The van der Waals surface area contributed by atoms with Crippen LogP contribution in [0.15, 0.2) is 67.0 Å². The van der Waals surface area contributed by atoms with Crippen LogP contribution in [0.5, 0.6) is 5.75 Å². The predicted molar refractivity (Wildman–Crippen MR) is 114 cm³/mol.